The average Bonchev–Trinajstić information content (AvgIpc) is 3.01. The average molecular weight is 525 g/mol. The minimum Gasteiger partial charge on any atom is -0.506 e. The molecule has 0 saturated carbocycles. The van der Waals surface area contributed by atoms with E-state index in [1.165, 1.54) is 0 Å². The monoisotopic (exact) mass is 524 g/mol. The fraction of sp³-hybridized carbons (Fsp3) is 0.318. The summed E-state index contributed by atoms with van der Waals surface area (Å²) >= 11 is 3.31. The van der Waals surface area contributed by atoms with Gasteiger partial charge in [-0.05, 0) is 42.5 Å². The number of ether oxygens (including phenoxy) is 1. The first-order chi connectivity index (χ1) is 15.0. The fourth-order valence-corrected chi connectivity index (χ4v) is 5.35. The van der Waals surface area contributed by atoms with Gasteiger partial charge in [0.05, 0.1) is 27.9 Å². The predicted molar refractivity (Wildman–Crippen MR) is 126 cm³/mol. The van der Waals surface area contributed by atoms with Crippen LogP contribution in [0.1, 0.15) is 28.4 Å². The van der Waals surface area contributed by atoms with Gasteiger partial charge in [-0.2, -0.15) is 8.42 Å². The third kappa shape index (κ3) is 4.54. The number of aromatic hydroxyl groups is 1. The van der Waals surface area contributed by atoms with E-state index in [9.17, 15) is 22.9 Å². The van der Waals surface area contributed by atoms with Crippen LogP contribution in [-0.4, -0.2) is 54.2 Å². The van der Waals surface area contributed by atoms with Gasteiger partial charge in [0.1, 0.15) is 11.5 Å². The zero-order valence-corrected chi connectivity index (χ0v) is 20.6. The number of halogens is 1. The number of fused-ring (bicyclic) bond motifs is 1. The standard InChI is InChI=1S/C22H25BrN2O6S/c1-5-31-22(27)17-16-14(11-24(2)3)21(26)18(23)15(12-32(28,29)30)20(16)25(4)19(17)13-9-7-6-8-10-13/h6-10,26H,5,11-12H2,1-4H3,(H,28,29,30). The highest BCUT2D eigenvalue weighted by molar-refractivity contribution is 9.10. The Labute approximate surface area is 195 Å². The quantitative estimate of drug-likeness (QED) is 0.355. The van der Waals surface area contributed by atoms with Crippen LogP contribution in [0.3, 0.4) is 0 Å². The first kappa shape index (κ1) is 24.2. The summed E-state index contributed by atoms with van der Waals surface area (Å²) in [6.07, 6.45) is 0. The van der Waals surface area contributed by atoms with E-state index in [4.69, 9.17) is 4.74 Å². The van der Waals surface area contributed by atoms with Crippen molar-refractivity contribution in [2.45, 2.75) is 19.2 Å². The predicted octanol–water partition coefficient (Wildman–Crippen LogP) is 3.94. The van der Waals surface area contributed by atoms with Gasteiger partial charge >= 0.3 is 5.97 Å². The lowest BCUT2D eigenvalue weighted by Gasteiger charge is -2.18. The molecule has 172 valence electrons. The van der Waals surface area contributed by atoms with Crippen molar-refractivity contribution in [3.63, 3.8) is 0 Å². The summed E-state index contributed by atoms with van der Waals surface area (Å²) < 4.78 is 40.5. The Morgan fingerprint density at radius 1 is 1.19 bits per heavy atom. The van der Waals surface area contributed by atoms with Crippen molar-refractivity contribution in [1.82, 2.24) is 9.47 Å². The van der Waals surface area contributed by atoms with E-state index in [1.54, 1.807) is 18.5 Å². The Kier molecular flexibility index (Phi) is 6.99. The normalized spacial score (nSPS) is 12.0. The molecule has 1 heterocycles. The van der Waals surface area contributed by atoms with Crippen molar-refractivity contribution in [3.8, 4) is 17.0 Å². The highest BCUT2D eigenvalue weighted by Gasteiger charge is 2.31. The summed E-state index contributed by atoms with van der Waals surface area (Å²) in [5, 5.41) is 11.4. The molecular weight excluding hydrogens is 500 g/mol. The van der Waals surface area contributed by atoms with Crippen LogP contribution in [0.5, 0.6) is 5.75 Å². The van der Waals surface area contributed by atoms with Crippen LogP contribution < -0.4 is 0 Å². The van der Waals surface area contributed by atoms with Crippen LogP contribution in [0.15, 0.2) is 34.8 Å². The summed E-state index contributed by atoms with van der Waals surface area (Å²) in [4.78, 5) is 15.0. The van der Waals surface area contributed by atoms with Crippen molar-refractivity contribution in [2.75, 3.05) is 20.7 Å². The molecule has 0 aliphatic heterocycles. The molecule has 0 radical (unpaired) electrons. The Bertz CT molecular complexity index is 1280. The maximum Gasteiger partial charge on any atom is 0.340 e. The number of rotatable bonds is 7. The summed E-state index contributed by atoms with van der Waals surface area (Å²) in [6, 6.07) is 9.17. The van der Waals surface area contributed by atoms with Crippen LogP contribution in [-0.2, 0) is 34.2 Å². The van der Waals surface area contributed by atoms with Gasteiger partial charge in [0, 0.05) is 30.1 Å². The van der Waals surface area contributed by atoms with Gasteiger partial charge in [0.15, 0.2) is 0 Å². The fourth-order valence-electron chi connectivity index (χ4n) is 3.95. The van der Waals surface area contributed by atoms with E-state index in [2.05, 4.69) is 15.9 Å². The molecule has 3 rings (SSSR count). The van der Waals surface area contributed by atoms with E-state index in [1.807, 2.05) is 49.3 Å². The minimum absolute atomic E-state index is 0.146. The van der Waals surface area contributed by atoms with Crippen LogP contribution in [0, 0.1) is 0 Å². The number of carbonyl (C=O) groups excluding carboxylic acids is 1. The SMILES string of the molecule is CCOC(=O)c1c(-c2ccccc2)n(C)c2c(CS(=O)(=O)O)c(Br)c(O)c(CN(C)C)c12. The van der Waals surface area contributed by atoms with Gasteiger partial charge in [0.2, 0.25) is 0 Å². The Morgan fingerprint density at radius 3 is 2.34 bits per heavy atom. The van der Waals surface area contributed by atoms with Gasteiger partial charge in [-0.3, -0.25) is 4.55 Å². The number of aryl methyl sites for hydroxylation is 1. The first-order valence-corrected chi connectivity index (χ1v) is 12.2. The lowest BCUT2D eigenvalue weighted by molar-refractivity contribution is 0.0529. The number of aromatic nitrogens is 1. The van der Waals surface area contributed by atoms with Crippen LogP contribution in [0.25, 0.3) is 22.2 Å². The van der Waals surface area contributed by atoms with E-state index >= 15 is 0 Å². The lowest BCUT2D eigenvalue weighted by atomic mass is 9.98. The van der Waals surface area contributed by atoms with Gasteiger partial charge in [-0.1, -0.05) is 30.3 Å². The van der Waals surface area contributed by atoms with Crippen molar-refractivity contribution < 1.29 is 27.6 Å². The lowest BCUT2D eigenvalue weighted by Crippen LogP contribution is -2.13. The smallest absolute Gasteiger partial charge is 0.340 e. The highest BCUT2D eigenvalue weighted by atomic mass is 79.9. The van der Waals surface area contributed by atoms with Gasteiger partial charge < -0.3 is 19.3 Å². The number of carbonyl (C=O) groups is 1. The minimum atomic E-state index is -4.44. The number of hydrogen-bond acceptors (Lipinski definition) is 6. The Balaban J connectivity index is 2.60. The topological polar surface area (TPSA) is 109 Å². The van der Waals surface area contributed by atoms with E-state index in [0.29, 0.717) is 22.2 Å². The van der Waals surface area contributed by atoms with Crippen molar-refractivity contribution in [1.29, 1.82) is 0 Å². The largest absolute Gasteiger partial charge is 0.506 e. The third-order valence-electron chi connectivity index (χ3n) is 5.07. The number of phenols is 1. The molecule has 0 fully saturated rings. The van der Waals surface area contributed by atoms with Gasteiger partial charge in [0.25, 0.3) is 10.1 Å². The van der Waals surface area contributed by atoms with E-state index in [0.717, 1.165) is 5.56 Å². The number of phenolic OH excluding ortho intramolecular Hbond substituents is 1. The number of nitrogens with zero attached hydrogens (tertiary/aromatic N) is 2. The molecule has 0 aliphatic carbocycles. The second-order valence-electron chi connectivity index (χ2n) is 7.68. The molecule has 32 heavy (non-hydrogen) atoms. The zero-order valence-electron chi connectivity index (χ0n) is 18.2. The molecule has 2 N–H and O–H groups in total. The maximum absolute atomic E-state index is 13.2. The number of esters is 1. The summed E-state index contributed by atoms with van der Waals surface area (Å²) in [6.45, 7) is 2.12. The van der Waals surface area contributed by atoms with Crippen LogP contribution in [0.4, 0.5) is 0 Å². The van der Waals surface area contributed by atoms with Gasteiger partial charge in [-0.15, -0.1) is 0 Å². The molecule has 0 spiro atoms. The molecule has 0 aliphatic rings. The molecule has 8 nitrogen and oxygen atoms in total. The summed E-state index contributed by atoms with van der Waals surface area (Å²) in [7, 11) is 0.903. The number of benzene rings is 2. The zero-order chi connectivity index (χ0) is 23.8. The Hall–Kier alpha value is -2.40. The molecule has 0 atom stereocenters. The molecule has 10 heteroatoms. The Morgan fingerprint density at radius 2 is 1.81 bits per heavy atom. The van der Waals surface area contributed by atoms with Crippen LogP contribution >= 0.6 is 15.9 Å². The highest BCUT2D eigenvalue weighted by Crippen LogP contribution is 2.45. The van der Waals surface area contributed by atoms with Gasteiger partial charge in [-0.25, -0.2) is 4.79 Å². The van der Waals surface area contributed by atoms with E-state index in [-0.39, 0.29) is 34.5 Å². The second-order valence-corrected chi connectivity index (χ2v) is 9.92. The number of hydrogen-bond donors (Lipinski definition) is 2. The van der Waals surface area contributed by atoms with Crippen molar-refractivity contribution >= 4 is 42.9 Å². The maximum atomic E-state index is 13.2. The summed E-state index contributed by atoms with van der Waals surface area (Å²) in [5.41, 5.74) is 2.47. The molecule has 0 amide bonds. The third-order valence-corrected chi connectivity index (χ3v) is 6.58. The molecule has 0 bridgehead atoms. The molecule has 3 aromatic rings. The van der Waals surface area contributed by atoms with Crippen molar-refractivity contribution in [3.05, 3.63) is 51.5 Å². The second kappa shape index (κ2) is 9.22. The van der Waals surface area contributed by atoms with Crippen LogP contribution in [0.2, 0.25) is 0 Å². The van der Waals surface area contributed by atoms with E-state index < -0.39 is 21.8 Å². The summed E-state index contributed by atoms with van der Waals surface area (Å²) in [5.74, 6) is -1.52. The van der Waals surface area contributed by atoms with Crippen molar-refractivity contribution in [2.24, 2.45) is 7.05 Å². The molecule has 2 aromatic carbocycles. The molecular formula is C22H25BrN2O6S. The first-order valence-electron chi connectivity index (χ1n) is 9.84. The molecule has 0 saturated heterocycles. The molecule has 1 aromatic heterocycles. The molecule has 0 unspecified atom stereocenters.